The van der Waals surface area contributed by atoms with Crippen LogP contribution < -0.4 is 4.74 Å². The first-order valence-corrected chi connectivity index (χ1v) is 9.33. The van der Waals surface area contributed by atoms with Crippen molar-refractivity contribution in [1.82, 2.24) is 15.2 Å². The first-order chi connectivity index (χ1) is 14.8. The maximum Gasteiger partial charge on any atom is 0.343 e. The van der Waals surface area contributed by atoms with Gasteiger partial charge in [0.05, 0.1) is 5.56 Å². The van der Waals surface area contributed by atoms with Crippen LogP contribution in [0.2, 0.25) is 0 Å². The van der Waals surface area contributed by atoms with Gasteiger partial charge in [-0.1, -0.05) is 36.4 Å². The Morgan fingerprint density at radius 2 is 1.43 bits per heavy atom. The van der Waals surface area contributed by atoms with Crippen LogP contribution in [-0.4, -0.2) is 21.2 Å². The van der Waals surface area contributed by atoms with Crippen LogP contribution in [0.15, 0.2) is 95.5 Å². The van der Waals surface area contributed by atoms with Gasteiger partial charge in [0, 0.05) is 22.7 Å². The average molecular weight is 393 g/mol. The molecule has 0 aliphatic heterocycles. The number of rotatable bonds is 4. The molecule has 0 N–H and O–H groups in total. The third-order valence-corrected chi connectivity index (χ3v) is 4.61. The van der Waals surface area contributed by atoms with E-state index in [0.717, 1.165) is 10.9 Å². The fourth-order valence-electron chi connectivity index (χ4n) is 3.10. The molecule has 0 unspecified atom stereocenters. The molecule has 144 valence electrons. The molecule has 0 radical (unpaired) electrons. The van der Waals surface area contributed by atoms with Crippen LogP contribution in [0.3, 0.4) is 0 Å². The number of carbonyl (C=O) groups excluding carboxylic acids is 1. The van der Waals surface area contributed by atoms with E-state index < -0.39 is 5.97 Å². The Morgan fingerprint density at radius 1 is 0.733 bits per heavy atom. The van der Waals surface area contributed by atoms with Gasteiger partial charge in [-0.25, -0.2) is 4.79 Å². The molecule has 5 aromatic rings. The summed E-state index contributed by atoms with van der Waals surface area (Å²) in [6, 6.07) is 25.6. The predicted molar refractivity (Wildman–Crippen MR) is 112 cm³/mol. The number of pyridine rings is 1. The van der Waals surface area contributed by atoms with Gasteiger partial charge in [-0.2, -0.15) is 0 Å². The topological polar surface area (TPSA) is 78.1 Å². The number of hydrogen-bond acceptors (Lipinski definition) is 6. The van der Waals surface area contributed by atoms with Gasteiger partial charge in [0.25, 0.3) is 0 Å². The second-order valence-electron chi connectivity index (χ2n) is 6.58. The third-order valence-electron chi connectivity index (χ3n) is 4.61. The quantitative estimate of drug-likeness (QED) is 0.310. The molecule has 0 saturated carbocycles. The summed E-state index contributed by atoms with van der Waals surface area (Å²) >= 11 is 0. The van der Waals surface area contributed by atoms with Crippen molar-refractivity contribution in [2.45, 2.75) is 0 Å². The van der Waals surface area contributed by atoms with E-state index in [9.17, 15) is 4.79 Å². The van der Waals surface area contributed by atoms with Gasteiger partial charge < -0.3 is 9.15 Å². The van der Waals surface area contributed by atoms with E-state index >= 15 is 0 Å². The van der Waals surface area contributed by atoms with Crippen LogP contribution in [0.5, 0.6) is 5.75 Å². The van der Waals surface area contributed by atoms with Crippen molar-refractivity contribution in [3.8, 4) is 28.7 Å². The molecule has 0 bridgehead atoms. The summed E-state index contributed by atoms with van der Waals surface area (Å²) in [5.74, 6) is 0.784. The predicted octanol–water partition coefficient (Wildman–Crippen LogP) is 5.17. The Hall–Kier alpha value is -4.32. The zero-order valence-electron chi connectivity index (χ0n) is 15.7. The van der Waals surface area contributed by atoms with E-state index in [1.165, 1.54) is 0 Å². The Balaban J connectivity index is 1.36. The lowest BCUT2D eigenvalue weighted by Crippen LogP contribution is -2.08. The number of para-hydroxylation sites is 1. The van der Waals surface area contributed by atoms with Crippen LogP contribution in [0, 0.1) is 0 Å². The molecule has 5 rings (SSSR count). The van der Waals surface area contributed by atoms with E-state index in [0.29, 0.717) is 34.2 Å². The highest BCUT2D eigenvalue weighted by molar-refractivity contribution is 5.94. The summed E-state index contributed by atoms with van der Waals surface area (Å²) in [5, 5.41) is 9.09. The first-order valence-electron chi connectivity index (χ1n) is 9.33. The molecule has 30 heavy (non-hydrogen) atoms. The molecule has 0 aliphatic carbocycles. The van der Waals surface area contributed by atoms with Crippen LogP contribution in [0.1, 0.15) is 10.4 Å². The van der Waals surface area contributed by atoms with Crippen LogP contribution in [0.25, 0.3) is 33.8 Å². The van der Waals surface area contributed by atoms with Crippen molar-refractivity contribution >= 4 is 16.9 Å². The van der Waals surface area contributed by atoms with Gasteiger partial charge in [-0.15, -0.1) is 10.2 Å². The number of hydrogen-bond donors (Lipinski definition) is 0. The van der Waals surface area contributed by atoms with Crippen molar-refractivity contribution < 1.29 is 13.9 Å². The van der Waals surface area contributed by atoms with Gasteiger partial charge in [0.2, 0.25) is 11.8 Å². The monoisotopic (exact) mass is 393 g/mol. The normalized spacial score (nSPS) is 10.8. The number of nitrogens with zero attached hydrogens (tertiary/aromatic N) is 3. The van der Waals surface area contributed by atoms with Gasteiger partial charge in [-0.05, 0) is 48.5 Å². The molecule has 0 aliphatic rings. The molecule has 6 nitrogen and oxygen atoms in total. The lowest BCUT2D eigenvalue weighted by Gasteiger charge is -2.07. The van der Waals surface area contributed by atoms with Crippen molar-refractivity contribution in [3.63, 3.8) is 0 Å². The lowest BCUT2D eigenvalue weighted by atomic mass is 10.1. The minimum atomic E-state index is -0.463. The van der Waals surface area contributed by atoms with Crippen molar-refractivity contribution in [2.24, 2.45) is 0 Å². The molecule has 0 fully saturated rings. The highest BCUT2D eigenvalue weighted by Gasteiger charge is 2.14. The number of esters is 1. The summed E-state index contributed by atoms with van der Waals surface area (Å²) < 4.78 is 11.3. The standard InChI is InChI=1S/C24H15N3O3/c28-24(29-20-10-4-8-16-9-5-15-25-21(16)20)19-13-11-18(12-14-19)23-27-26-22(30-23)17-6-2-1-3-7-17/h1-15H. The van der Waals surface area contributed by atoms with Crippen LogP contribution >= 0.6 is 0 Å². The van der Waals surface area contributed by atoms with E-state index in [1.807, 2.05) is 54.6 Å². The average Bonchev–Trinajstić information content (AvgIpc) is 3.30. The zero-order valence-corrected chi connectivity index (χ0v) is 15.7. The third kappa shape index (κ3) is 3.42. The molecule has 3 aromatic carbocycles. The van der Waals surface area contributed by atoms with Gasteiger partial charge in [-0.3, -0.25) is 4.98 Å². The van der Waals surface area contributed by atoms with Crippen molar-refractivity contribution in [1.29, 1.82) is 0 Å². The first kappa shape index (κ1) is 17.8. The molecule has 6 heteroatoms. The van der Waals surface area contributed by atoms with E-state index in [2.05, 4.69) is 15.2 Å². The Kier molecular flexibility index (Phi) is 4.50. The Morgan fingerprint density at radius 3 is 2.20 bits per heavy atom. The largest absolute Gasteiger partial charge is 0.421 e. The Bertz CT molecular complexity index is 1320. The second kappa shape index (κ2) is 7.60. The van der Waals surface area contributed by atoms with Gasteiger partial charge >= 0.3 is 5.97 Å². The van der Waals surface area contributed by atoms with E-state index in [-0.39, 0.29) is 0 Å². The SMILES string of the molecule is O=C(Oc1cccc2cccnc12)c1ccc(-c2nnc(-c3ccccc3)o2)cc1. The summed E-state index contributed by atoms with van der Waals surface area (Å²) in [6.45, 7) is 0. The fraction of sp³-hybridized carbons (Fsp3) is 0. The second-order valence-corrected chi connectivity index (χ2v) is 6.58. The van der Waals surface area contributed by atoms with Crippen molar-refractivity contribution in [2.75, 3.05) is 0 Å². The summed E-state index contributed by atoms with van der Waals surface area (Å²) in [5.41, 5.74) is 2.62. The molecule has 2 aromatic heterocycles. The maximum atomic E-state index is 12.6. The Labute approximate surface area is 171 Å². The lowest BCUT2D eigenvalue weighted by molar-refractivity contribution is 0.0737. The number of ether oxygens (including phenoxy) is 1. The summed E-state index contributed by atoms with van der Waals surface area (Å²) in [6.07, 6.45) is 1.67. The summed E-state index contributed by atoms with van der Waals surface area (Å²) in [4.78, 5) is 16.9. The number of carbonyl (C=O) groups is 1. The van der Waals surface area contributed by atoms with E-state index in [4.69, 9.17) is 9.15 Å². The highest BCUT2D eigenvalue weighted by Crippen LogP contribution is 2.26. The molecule has 2 heterocycles. The van der Waals surface area contributed by atoms with Crippen molar-refractivity contribution in [3.05, 3.63) is 96.7 Å². The number of benzene rings is 3. The minimum absolute atomic E-state index is 0.382. The molecule has 0 spiro atoms. The minimum Gasteiger partial charge on any atom is -0.421 e. The van der Waals surface area contributed by atoms with E-state index in [1.54, 1.807) is 36.5 Å². The number of aromatic nitrogens is 3. The maximum absolute atomic E-state index is 12.6. The molecule has 0 amide bonds. The van der Waals surface area contributed by atoms with Gasteiger partial charge in [0.1, 0.15) is 5.52 Å². The smallest absolute Gasteiger partial charge is 0.343 e. The fourth-order valence-corrected chi connectivity index (χ4v) is 3.10. The van der Waals surface area contributed by atoms with Crippen LogP contribution in [-0.2, 0) is 0 Å². The molecule has 0 atom stereocenters. The number of fused-ring (bicyclic) bond motifs is 1. The zero-order chi connectivity index (χ0) is 20.3. The molecular weight excluding hydrogens is 378 g/mol. The molecule has 0 saturated heterocycles. The molecular formula is C24H15N3O3. The van der Waals surface area contributed by atoms with Crippen LogP contribution in [0.4, 0.5) is 0 Å². The van der Waals surface area contributed by atoms with Gasteiger partial charge in [0.15, 0.2) is 5.75 Å². The highest BCUT2D eigenvalue weighted by atomic mass is 16.5. The summed E-state index contributed by atoms with van der Waals surface area (Å²) in [7, 11) is 0.